The summed E-state index contributed by atoms with van der Waals surface area (Å²) in [7, 11) is 0. The first kappa shape index (κ1) is 16.3. The van der Waals surface area contributed by atoms with E-state index in [2.05, 4.69) is 20.3 Å². The summed E-state index contributed by atoms with van der Waals surface area (Å²) in [5.41, 5.74) is 7.27. The fourth-order valence-corrected chi connectivity index (χ4v) is 2.91. The maximum atomic E-state index is 11.7. The van der Waals surface area contributed by atoms with E-state index in [1.165, 1.54) is 0 Å². The highest BCUT2D eigenvalue weighted by Crippen LogP contribution is 2.26. The standard InChI is InChI=1S/C17H22N6O/c1-11-4-3-5-14(19-11)21-15-8-12(2)20-17(22-15)13-6-7-23(10-13)16(24)9-18/h3-5,8,13H,6-7,9-10,18H2,1-2H3,(H,19,20,21,22). The Kier molecular flexibility index (Phi) is 4.71. The molecular weight excluding hydrogens is 304 g/mol. The first-order chi connectivity index (χ1) is 11.5. The molecule has 1 saturated heterocycles. The molecule has 1 amide bonds. The van der Waals surface area contributed by atoms with E-state index in [9.17, 15) is 4.79 Å². The Morgan fingerprint density at radius 2 is 2.08 bits per heavy atom. The fraction of sp³-hybridized carbons (Fsp3) is 0.412. The molecule has 7 heteroatoms. The van der Waals surface area contributed by atoms with Crippen molar-refractivity contribution in [2.75, 3.05) is 25.0 Å². The van der Waals surface area contributed by atoms with Crippen molar-refractivity contribution in [1.29, 1.82) is 0 Å². The number of hydrogen-bond donors (Lipinski definition) is 2. The Balaban J connectivity index is 1.78. The zero-order valence-corrected chi connectivity index (χ0v) is 14.0. The second-order valence-electron chi connectivity index (χ2n) is 6.07. The molecule has 126 valence electrons. The Bertz CT molecular complexity index is 748. The molecule has 1 aliphatic heterocycles. The van der Waals surface area contributed by atoms with Crippen LogP contribution in [0.15, 0.2) is 24.3 Å². The van der Waals surface area contributed by atoms with E-state index in [-0.39, 0.29) is 18.4 Å². The number of carbonyl (C=O) groups excluding carboxylic acids is 1. The minimum Gasteiger partial charge on any atom is -0.341 e. The summed E-state index contributed by atoms with van der Waals surface area (Å²) in [5.74, 6) is 2.36. The molecule has 2 aromatic rings. The normalized spacial score (nSPS) is 17.1. The molecule has 3 rings (SSSR count). The average molecular weight is 326 g/mol. The van der Waals surface area contributed by atoms with Crippen LogP contribution in [0.4, 0.5) is 11.6 Å². The molecular formula is C17H22N6O. The molecule has 0 spiro atoms. The van der Waals surface area contributed by atoms with E-state index in [1.807, 2.05) is 38.1 Å². The average Bonchev–Trinajstić information content (AvgIpc) is 3.03. The SMILES string of the molecule is Cc1cccc(Nc2cc(C)nc(C3CCN(C(=O)CN)C3)n2)n1. The summed E-state index contributed by atoms with van der Waals surface area (Å²) in [6.07, 6.45) is 0.858. The zero-order chi connectivity index (χ0) is 17.1. The van der Waals surface area contributed by atoms with Crippen LogP contribution in [-0.4, -0.2) is 45.4 Å². The number of aromatic nitrogens is 3. The highest BCUT2D eigenvalue weighted by molar-refractivity contribution is 5.78. The van der Waals surface area contributed by atoms with Gasteiger partial charge in [-0.3, -0.25) is 4.79 Å². The van der Waals surface area contributed by atoms with E-state index >= 15 is 0 Å². The lowest BCUT2D eigenvalue weighted by Crippen LogP contribution is -2.34. The third-order valence-electron chi connectivity index (χ3n) is 4.10. The molecule has 0 radical (unpaired) electrons. The number of amides is 1. The van der Waals surface area contributed by atoms with Gasteiger partial charge in [0.25, 0.3) is 0 Å². The highest BCUT2D eigenvalue weighted by atomic mass is 16.2. The summed E-state index contributed by atoms with van der Waals surface area (Å²) in [6.45, 7) is 5.27. The molecule has 3 heterocycles. The van der Waals surface area contributed by atoms with Crippen LogP contribution in [0, 0.1) is 13.8 Å². The monoisotopic (exact) mass is 326 g/mol. The van der Waals surface area contributed by atoms with Gasteiger partial charge in [0.15, 0.2) is 0 Å². The third-order valence-corrected chi connectivity index (χ3v) is 4.10. The summed E-state index contributed by atoms with van der Waals surface area (Å²) < 4.78 is 0. The number of carbonyl (C=O) groups is 1. The minimum absolute atomic E-state index is 0.0209. The number of rotatable bonds is 4. The molecule has 2 aromatic heterocycles. The molecule has 0 bridgehead atoms. The molecule has 24 heavy (non-hydrogen) atoms. The van der Waals surface area contributed by atoms with Crippen LogP contribution in [-0.2, 0) is 4.79 Å². The number of hydrogen-bond acceptors (Lipinski definition) is 6. The summed E-state index contributed by atoms with van der Waals surface area (Å²) in [5, 5.41) is 3.23. The van der Waals surface area contributed by atoms with Crippen molar-refractivity contribution in [3.05, 3.63) is 41.5 Å². The summed E-state index contributed by atoms with van der Waals surface area (Å²) in [6, 6.07) is 7.70. The van der Waals surface area contributed by atoms with Crippen molar-refractivity contribution in [3.8, 4) is 0 Å². The van der Waals surface area contributed by atoms with Crippen molar-refractivity contribution in [1.82, 2.24) is 19.9 Å². The first-order valence-electron chi connectivity index (χ1n) is 8.09. The smallest absolute Gasteiger partial charge is 0.236 e. The number of anilines is 2. The van der Waals surface area contributed by atoms with Gasteiger partial charge in [0.1, 0.15) is 17.5 Å². The van der Waals surface area contributed by atoms with Gasteiger partial charge < -0.3 is 16.0 Å². The number of nitrogens with zero attached hydrogens (tertiary/aromatic N) is 4. The van der Waals surface area contributed by atoms with Gasteiger partial charge in [-0.15, -0.1) is 0 Å². The summed E-state index contributed by atoms with van der Waals surface area (Å²) >= 11 is 0. The molecule has 0 aromatic carbocycles. The van der Waals surface area contributed by atoms with E-state index in [0.29, 0.717) is 13.1 Å². The Morgan fingerprint density at radius 1 is 1.25 bits per heavy atom. The fourth-order valence-electron chi connectivity index (χ4n) is 2.91. The molecule has 7 nitrogen and oxygen atoms in total. The number of aryl methyl sites for hydroxylation is 2. The van der Waals surface area contributed by atoms with Crippen LogP contribution in [0.5, 0.6) is 0 Å². The van der Waals surface area contributed by atoms with Crippen LogP contribution in [0.3, 0.4) is 0 Å². The van der Waals surface area contributed by atoms with E-state index < -0.39 is 0 Å². The Morgan fingerprint density at radius 3 is 2.83 bits per heavy atom. The predicted octanol–water partition coefficient (Wildman–Crippen LogP) is 1.51. The van der Waals surface area contributed by atoms with Crippen molar-refractivity contribution in [2.24, 2.45) is 5.73 Å². The minimum atomic E-state index is -0.0209. The van der Waals surface area contributed by atoms with Crippen LogP contribution >= 0.6 is 0 Å². The number of likely N-dealkylation sites (tertiary alicyclic amines) is 1. The van der Waals surface area contributed by atoms with Gasteiger partial charge in [-0.25, -0.2) is 15.0 Å². The van der Waals surface area contributed by atoms with Crippen LogP contribution in [0.2, 0.25) is 0 Å². The van der Waals surface area contributed by atoms with Gasteiger partial charge >= 0.3 is 0 Å². The molecule has 3 N–H and O–H groups in total. The number of nitrogens with one attached hydrogen (secondary N) is 1. The van der Waals surface area contributed by atoms with Crippen LogP contribution in [0.1, 0.15) is 29.6 Å². The molecule has 1 unspecified atom stereocenters. The quantitative estimate of drug-likeness (QED) is 0.884. The van der Waals surface area contributed by atoms with Crippen molar-refractivity contribution in [3.63, 3.8) is 0 Å². The van der Waals surface area contributed by atoms with Crippen molar-refractivity contribution in [2.45, 2.75) is 26.2 Å². The van der Waals surface area contributed by atoms with Crippen LogP contribution < -0.4 is 11.1 Å². The summed E-state index contributed by atoms with van der Waals surface area (Å²) in [4.78, 5) is 27.1. The van der Waals surface area contributed by atoms with Gasteiger partial charge in [0, 0.05) is 36.5 Å². The van der Waals surface area contributed by atoms with Gasteiger partial charge in [-0.05, 0) is 32.4 Å². The zero-order valence-electron chi connectivity index (χ0n) is 14.0. The van der Waals surface area contributed by atoms with Gasteiger partial charge in [0.05, 0.1) is 6.54 Å². The lowest BCUT2D eigenvalue weighted by molar-refractivity contribution is -0.128. The maximum absolute atomic E-state index is 11.7. The lowest BCUT2D eigenvalue weighted by Gasteiger charge is -2.15. The largest absolute Gasteiger partial charge is 0.341 e. The lowest BCUT2D eigenvalue weighted by atomic mass is 10.1. The topological polar surface area (TPSA) is 97.0 Å². The number of pyridine rings is 1. The van der Waals surface area contributed by atoms with Crippen molar-refractivity contribution >= 4 is 17.5 Å². The first-order valence-corrected chi connectivity index (χ1v) is 8.09. The Labute approximate surface area is 141 Å². The molecule has 1 atom stereocenters. The third kappa shape index (κ3) is 3.68. The molecule has 0 saturated carbocycles. The van der Waals surface area contributed by atoms with Crippen LogP contribution in [0.25, 0.3) is 0 Å². The highest BCUT2D eigenvalue weighted by Gasteiger charge is 2.28. The van der Waals surface area contributed by atoms with E-state index in [1.54, 1.807) is 4.90 Å². The molecule has 1 fully saturated rings. The Hall–Kier alpha value is -2.54. The van der Waals surface area contributed by atoms with Gasteiger partial charge in [-0.1, -0.05) is 6.07 Å². The van der Waals surface area contributed by atoms with E-state index in [0.717, 1.165) is 35.3 Å². The van der Waals surface area contributed by atoms with Gasteiger partial charge in [0.2, 0.25) is 5.91 Å². The second kappa shape index (κ2) is 6.92. The molecule has 0 aliphatic carbocycles. The predicted molar refractivity (Wildman–Crippen MR) is 92.0 cm³/mol. The van der Waals surface area contributed by atoms with Gasteiger partial charge in [-0.2, -0.15) is 0 Å². The molecule has 1 aliphatic rings. The second-order valence-corrected chi connectivity index (χ2v) is 6.07. The number of nitrogens with two attached hydrogens (primary N) is 1. The maximum Gasteiger partial charge on any atom is 0.236 e. The van der Waals surface area contributed by atoms with Crippen molar-refractivity contribution < 1.29 is 4.79 Å². The van der Waals surface area contributed by atoms with E-state index in [4.69, 9.17) is 5.73 Å².